The number of nitrogens with one attached hydrogen (secondary N) is 1. The minimum absolute atomic E-state index is 0.105. The van der Waals surface area contributed by atoms with Gasteiger partial charge >= 0.3 is 5.97 Å². The smallest absolute Gasteiger partial charge is 0.325 e. The van der Waals surface area contributed by atoms with Crippen LogP contribution >= 0.6 is 0 Å². The molecule has 2 N–H and O–H groups in total. The van der Waals surface area contributed by atoms with Gasteiger partial charge in [0.05, 0.1) is 0 Å². The van der Waals surface area contributed by atoms with Gasteiger partial charge in [-0.15, -0.1) is 0 Å². The monoisotopic (exact) mass is 249 g/mol. The minimum atomic E-state index is -0.213. The number of esters is 1. The summed E-state index contributed by atoms with van der Waals surface area (Å²) in [6.07, 6.45) is 5.65. The largest absolute Gasteiger partial charge is 0.508 e. The van der Waals surface area contributed by atoms with E-state index >= 15 is 0 Å². The Labute approximate surface area is 107 Å². The van der Waals surface area contributed by atoms with Crippen molar-refractivity contribution >= 4 is 11.7 Å². The molecule has 1 aliphatic carbocycles. The molecule has 0 saturated heterocycles. The predicted octanol–water partition coefficient (Wildman–Crippen LogP) is 2.68. The summed E-state index contributed by atoms with van der Waals surface area (Å²) in [5, 5.41) is 12.1. The van der Waals surface area contributed by atoms with Gasteiger partial charge in [-0.2, -0.15) is 0 Å². The summed E-state index contributed by atoms with van der Waals surface area (Å²) in [6.45, 7) is 0.168. The zero-order valence-corrected chi connectivity index (χ0v) is 10.4. The van der Waals surface area contributed by atoms with Crippen LogP contribution in [0.25, 0.3) is 0 Å². The SMILES string of the molecule is O=C(CNc1ccc(O)cc1)OC1CCCCC1. The molecule has 0 unspecified atom stereocenters. The first-order valence-corrected chi connectivity index (χ1v) is 6.46. The fourth-order valence-corrected chi connectivity index (χ4v) is 2.16. The van der Waals surface area contributed by atoms with Gasteiger partial charge in [0.15, 0.2) is 0 Å². The molecule has 4 heteroatoms. The number of benzene rings is 1. The number of aromatic hydroxyl groups is 1. The summed E-state index contributed by atoms with van der Waals surface area (Å²) in [5.41, 5.74) is 0.799. The molecule has 0 atom stereocenters. The highest BCUT2D eigenvalue weighted by atomic mass is 16.5. The highest BCUT2D eigenvalue weighted by Gasteiger charge is 2.17. The number of hydrogen-bond acceptors (Lipinski definition) is 4. The molecule has 0 spiro atoms. The van der Waals surface area contributed by atoms with E-state index in [-0.39, 0.29) is 24.4 Å². The topological polar surface area (TPSA) is 58.6 Å². The molecule has 0 aromatic heterocycles. The zero-order chi connectivity index (χ0) is 12.8. The first-order valence-electron chi connectivity index (χ1n) is 6.46. The van der Waals surface area contributed by atoms with Gasteiger partial charge in [-0.25, -0.2) is 0 Å². The molecule has 98 valence electrons. The average molecular weight is 249 g/mol. The Balaban J connectivity index is 1.72. The molecule has 2 rings (SSSR count). The van der Waals surface area contributed by atoms with Gasteiger partial charge in [-0.1, -0.05) is 6.42 Å². The van der Waals surface area contributed by atoms with Crippen LogP contribution in [0.1, 0.15) is 32.1 Å². The van der Waals surface area contributed by atoms with Gasteiger partial charge in [0, 0.05) is 5.69 Å². The van der Waals surface area contributed by atoms with Crippen LogP contribution < -0.4 is 5.32 Å². The van der Waals surface area contributed by atoms with Gasteiger partial charge in [-0.3, -0.25) is 4.79 Å². The number of carbonyl (C=O) groups is 1. The van der Waals surface area contributed by atoms with Crippen LogP contribution in [-0.4, -0.2) is 23.7 Å². The van der Waals surface area contributed by atoms with Crippen molar-refractivity contribution in [1.82, 2.24) is 0 Å². The van der Waals surface area contributed by atoms with Gasteiger partial charge in [-0.05, 0) is 49.9 Å². The summed E-state index contributed by atoms with van der Waals surface area (Å²) in [6, 6.07) is 6.61. The van der Waals surface area contributed by atoms with Crippen LogP contribution in [-0.2, 0) is 9.53 Å². The third-order valence-corrected chi connectivity index (χ3v) is 3.15. The highest BCUT2D eigenvalue weighted by molar-refractivity contribution is 5.75. The number of anilines is 1. The molecule has 1 aromatic carbocycles. The van der Waals surface area contributed by atoms with Crippen LogP contribution in [0.15, 0.2) is 24.3 Å². The first kappa shape index (κ1) is 12.7. The fraction of sp³-hybridized carbons (Fsp3) is 0.500. The van der Waals surface area contributed by atoms with Crippen molar-refractivity contribution < 1.29 is 14.6 Å². The Morgan fingerprint density at radius 3 is 2.56 bits per heavy atom. The maximum Gasteiger partial charge on any atom is 0.325 e. The van der Waals surface area contributed by atoms with Crippen molar-refractivity contribution in [2.75, 3.05) is 11.9 Å². The molecule has 1 aromatic rings. The lowest BCUT2D eigenvalue weighted by atomic mass is 9.98. The van der Waals surface area contributed by atoms with E-state index in [0.29, 0.717) is 0 Å². The Morgan fingerprint density at radius 2 is 1.89 bits per heavy atom. The van der Waals surface area contributed by atoms with Crippen molar-refractivity contribution in [2.45, 2.75) is 38.2 Å². The zero-order valence-electron chi connectivity index (χ0n) is 10.4. The number of phenolic OH excluding ortho intramolecular Hbond substituents is 1. The molecule has 1 aliphatic rings. The third-order valence-electron chi connectivity index (χ3n) is 3.15. The molecule has 0 heterocycles. The summed E-state index contributed by atoms with van der Waals surface area (Å²) in [5.74, 6) is 0.000284. The minimum Gasteiger partial charge on any atom is -0.508 e. The molecule has 18 heavy (non-hydrogen) atoms. The molecule has 0 bridgehead atoms. The highest BCUT2D eigenvalue weighted by Crippen LogP contribution is 2.20. The molecule has 4 nitrogen and oxygen atoms in total. The van der Waals surface area contributed by atoms with E-state index in [0.717, 1.165) is 31.4 Å². The second-order valence-corrected chi connectivity index (χ2v) is 4.65. The van der Waals surface area contributed by atoms with E-state index in [4.69, 9.17) is 9.84 Å². The lowest BCUT2D eigenvalue weighted by Crippen LogP contribution is -2.25. The summed E-state index contributed by atoms with van der Waals surface area (Å²) in [7, 11) is 0. The fourth-order valence-electron chi connectivity index (χ4n) is 2.16. The number of ether oxygens (including phenoxy) is 1. The second kappa shape index (κ2) is 6.28. The average Bonchev–Trinajstić information content (AvgIpc) is 2.39. The Morgan fingerprint density at radius 1 is 1.22 bits per heavy atom. The number of hydrogen-bond donors (Lipinski definition) is 2. The summed E-state index contributed by atoms with van der Waals surface area (Å²) >= 11 is 0. The Hall–Kier alpha value is -1.71. The van der Waals surface area contributed by atoms with Gasteiger partial charge in [0.2, 0.25) is 0 Å². The molecular weight excluding hydrogens is 230 g/mol. The van der Waals surface area contributed by atoms with Crippen molar-refractivity contribution in [3.63, 3.8) is 0 Å². The van der Waals surface area contributed by atoms with E-state index in [2.05, 4.69) is 5.32 Å². The van der Waals surface area contributed by atoms with Crippen LogP contribution in [0.5, 0.6) is 5.75 Å². The van der Waals surface area contributed by atoms with E-state index in [9.17, 15) is 4.79 Å². The second-order valence-electron chi connectivity index (χ2n) is 4.65. The van der Waals surface area contributed by atoms with Gasteiger partial charge in [0.25, 0.3) is 0 Å². The van der Waals surface area contributed by atoms with Crippen LogP contribution in [0.3, 0.4) is 0 Å². The molecular formula is C14H19NO3. The lowest BCUT2D eigenvalue weighted by molar-refractivity contribution is -0.148. The molecule has 0 radical (unpaired) electrons. The maximum atomic E-state index is 11.6. The standard InChI is InChI=1S/C14H19NO3/c16-12-8-6-11(7-9-12)15-10-14(17)18-13-4-2-1-3-5-13/h6-9,13,15-16H,1-5,10H2. The lowest BCUT2D eigenvalue weighted by Gasteiger charge is -2.21. The number of phenols is 1. The Bertz CT molecular complexity index is 383. The van der Waals surface area contributed by atoms with Crippen molar-refractivity contribution in [1.29, 1.82) is 0 Å². The molecule has 1 fully saturated rings. The normalized spacial score (nSPS) is 16.2. The van der Waals surface area contributed by atoms with E-state index in [1.807, 2.05) is 0 Å². The van der Waals surface area contributed by atoms with Crippen LogP contribution in [0, 0.1) is 0 Å². The third kappa shape index (κ3) is 3.95. The van der Waals surface area contributed by atoms with Gasteiger partial charge < -0.3 is 15.2 Å². The van der Waals surface area contributed by atoms with Crippen LogP contribution in [0.4, 0.5) is 5.69 Å². The molecule has 0 aliphatic heterocycles. The van der Waals surface area contributed by atoms with Crippen molar-refractivity contribution in [2.24, 2.45) is 0 Å². The van der Waals surface area contributed by atoms with E-state index < -0.39 is 0 Å². The molecule has 1 saturated carbocycles. The number of rotatable bonds is 4. The maximum absolute atomic E-state index is 11.6. The van der Waals surface area contributed by atoms with Crippen LogP contribution in [0.2, 0.25) is 0 Å². The first-order chi connectivity index (χ1) is 8.74. The number of carbonyl (C=O) groups excluding carboxylic acids is 1. The Kier molecular flexibility index (Phi) is 4.45. The summed E-state index contributed by atoms with van der Waals surface area (Å²) in [4.78, 5) is 11.6. The quantitative estimate of drug-likeness (QED) is 0.636. The summed E-state index contributed by atoms with van der Waals surface area (Å²) < 4.78 is 5.39. The van der Waals surface area contributed by atoms with Crippen molar-refractivity contribution in [3.05, 3.63) is 24.3 Å². The van der Waals surface area contributed by atoms with E-state index in [1.165, 1.54) is 6.42 Å². The van der Waals surface area contributed by atoms with Gasteiger partial charge in [0.1, 0.15) is 18.4 Å². The van der Waals surface area contributed by atoms with Crippen molar-refractivity contribution in [3.8, 4) is 5.75 Å². The van der Waals surface area contributed by atoms with E-state index in [1.54, 1.807) is 24.3 Å². The molecule has 0 amide bonds. The predicted molar refractivity (Wildman–Crippen MR) is 69.6 cm³/mol.